The molecule has 0 aliphatic carbocycles. The van der Waals surface area contributed by atoms with E-state index in [9.17, 15) is 14.4 Å². The molecule has 25 heavy (non-hydrogen) atoms. The lowest BCUT2D eigenvalue weighted by Crippen LogP contribution is -2.55. The Morgan fingerprint density at radius 3 is 2.12 bits per heavy atom. The van der Waals surface area contributed by atoms with Gasteiger partial charge in [-0.15, -0.1) is 0 Å². The van der Waals surface area contributed by atoms with Crippen molar-refractivity contribution in [3.05, 3.63) is 0 Å². The van der Waals surface area contributed by atoms with Crippen molar-refractivity contribution in [2.45, 2.75) is 71.6 Å². The van der Waals surface area contributed by atoms with E-state index in [1.807, 2.05) is 0 Å². The first kappa shape index (κ1) is 21.1. The molecule has 0 radical (unpaired) electrons. The fourth-order valence-electron chi connectivity index (χ4n) is 2.58. The maximum atomic E-state index is 12.2. The second-order valence-electron chi connectivity index (χ2n) is 8.33. The molecule has 8 nitrogen and oxygen atoms in total. The van der Waals surface area contributed by atoms with Gasteiger partial charge in [0.25, 0.3) is 0 Å². The van der Waals surface area contributed by atoms with Crippen LogP contribution in [0.15, 0.2) is 0 Å². The maximum Gasteiger partial charge on any atom is 0.410 e. The number of aliphatic carboxylic acids is 1. The molecule has 0 saturated carbocycles. The zero-order valence-corrected chi connectivity index (χ0v) is 15.9. The summed E-state index contributed by atoms with van der Waals surface area (Å²) in [6.07, 6.45) is -0.717. The number of carbonyl (C=O) groups is 3. The summed E-state index contributed by atoms with van der Waals surface area (Å²) in [7, 11) is 0. The van der Waals surface area contributed by atoms with E-state index in [0.717, 1.165) is 0 Å². The molecule has 2 atom stereocenters. The third-order valence-electron chi connectivity index (χ3n) is 3.55. The van der Waals surface area contributed by atoms with Crippen LogP contribution in [0.5, 0.6) is 0 Å². The Bertz CT molecular complexity index is 506. The van der Waals surface area contributed by atoms with Crippen molar-refractivity contribution in [3.8, 4) is 0 Å². The number of carboxylic acids is 1. The summed E-state index contributed by atoms with van der Waals surface area (Å²) in [5.74, 6) is -1.21. The van der Waals surface area contributed by atoms with Crippen molar-refractivity contribution < 1.29 is 29.0 Å². The molecular weight excluding hydrogens is 328 g/mol. The molecule has 0 unspecified atom stereocenters. The Morgan fingerprint density at radius 1 is 1.08 bits per heavy atom. The molecule has 0 aromatic rings. The van der Waals surface area contributed by atoms with E-state index < -0.39 is 35.4 Å². The highest BCUT2D eigenvalue weighted by Crippen LogP contribution is 2.23. The van der Waals surface area contributed by atoms with Gasteiger partial charge in [-0.05, 0) is 53.9 Å². The van der Waals surface area contributed by atoms with E-state index in [2.05, 4.69) is 5.32 Å². The first-order chi connectivity index (χ1) is 11.3. The van der Waals surface area contributed by atoms with Crippen molar-refractivity contribution in [1.29, 1.82) is 0 Å². The number of nitrogens with zero attached hydrogens (tertiary/aromatic N) is 1. The largest absolute Gasteiger partial charge is 0.481 e. The lowest BCUT2D eigenvalue weighted by atomic mass is 9.89. The topological polar surface area (TPSA) is 105 Å². The van der Waals surface area contributed by atoms with Crippen LogP contribution in [-0.2, 0) is 14.3 Å². The standard InChI is InChI=1S/C17H30N2O6/c1-16(2,3)24-14(22)18-12-10-19(15(23)25-17(4,5)6)8-7-11(12)9-13(20)21/h11-12H,7-10H2,1-6H3,(H,18,22)(H,20,21)/t11-,12+/m0/s1. The van der Waals surface area contributed by atoms with Gasteiger partial charge in [0.1, 0.15) is 11.2 Å². The average molecular weight is 358 g/mol. The van der Waals surface area contributed by atoms with E-state index >= 15 is 0 Å². The van der Waals surface area contributed by atoms with Crippen LogP contribution >= 0.6 is 0 Å². The summed E-state index contributed by atoms with van der Waals surface area (Å²) in [5.41, 5.74) is -1.28. The van der Waals surface area contributed by atoms with E-state index in [-0.39, 0.29) is 18.9 Å². The van der Waals surface area contributed by atoms with E-state index in [4.69, 9.17) is 14.6 Å². The molecule has 0 aromatic carbocycles. The monoisotopic (exact) mass is 358 g/mol. The number of hydrogen-bond acceptors (Lipinski definition) is 5. The normalized spacial score (nSPS) is 21.4. The number of carbonyl (C=O) groups excluding carboxylic acids is 2. The summed E-state index contributed by atoms with van der Waals surface area (Å²) < 4.78 is 10.6. The van der Waals surface area contributed by atoms with Crippen molar-refractivity contribution in [1.82, 2.24) is 10.2 Å². The van der Waals surface area contributed by atoms with Crippen LogP contribution in [0.25, 0.3) is 0 Å². The maximum absolute atomic E-state index is 12.2. The minimum atomic E-state index is -0.938. The number of ether oxygens (including phenoxy) is 2. The Labute approximate surface area is 148 Å². The van der Waals surface area contributed by atoms with Crippen LogP contribution in [0.2, 0.25) is 0 Å². The highest BCUT2D eigenvalue weighted by molar-refractivity contribution is 5.71. The number of rotatable bonds is 3. The van der Waals surface area contributed by atoms with Crippen LogP contribution in [0.1, 0.15) is 54.4 Å². The van der Waals surface area contributed by atoms with Crippen LogP contribution < -0.4 is 5.32 Å². The number of likely N-dealkylation sites (tertiary alicyclic amines) is 1. The molecule has 1 fully saturated rings. The third-order valence-corrected chi connectivity index (χ3v) is 3.55. The van der Waals surface area contributed by atoms with Crippen molar-refractivity contribution in [2.75, 3.05) is 13.1 Å². The predicted molar refractivity (Wildman–Crippen MR) is 91.3 cm³/mol. The smallest absolute Gasteiger partial charge is 0.410 e. The van der Waals surface area contributed by atoms with Crippen molar-refractivity contribution in [2.24, 2.45) is 5.92 Å². The minimum absolute atomic E-state index is 0.0807. The molecule has 0 aromatic heterocycles. The molecule has 1 heterocycles. The van der Waals surface area contributed by atoms with Crippen molar-refractivity contribution >= 4 is 18.2 Å². The molecule has 2 amide bonds. The lowest BCUT2D eigenvalue weighted by molar-refractivity contribution is -0.138. The van der Waals surface area contributed by atoms with Gasteiger partial charge >= 0.3 is 18.2 Å². The van der Waals surface area contributed by atoms with Crippen molar-refractivity contribution in [3.63, 3.8) is 0 Å². The van der Waals surface area contributed by atoms with Gasteiger partial charge in [0.05, 0.1) is 12.5 Å². The van der Waals surface area contributed by atoms with Crippen LogP contribution in [-0.4, -0.2) is 58.5 Å². The van der Waals surface area contributed by atoms with Gasteiger partial charge in [0.2, 0.25) is 0 Å². The first-order valence-electron chi connectivity index (χ1n) is 8.46. The molecular formula is C17H30N2O6. The van der Waals surface area contributed by atoms with Crippen LogP contribution in [0.4, 0.5) is 9.59 Å². The number of alkyl carbamates (subject to hydrolysis) is 1. The second kappa shape index (κ2) is 7.93. The average Bonchev–Trinajstić information content (AvgIpc) is 2.35. The number of carboxylic acid groups (broad SMARTS) is 1. The molecule has 1 aliphatic heterocycles. The summed E-state index contributed by atoms with van der Waals surface area (Å²) in [5, 5.41) is 11.8. The zero-order valence-electron chi connectivity index (χ0n) is 15.9. The summed E-state index contributed by atoms with van der Waals surface area (Å²) in [4.78, 5) is 36.9. The van der Waals surface area contributed by atoms with Crippen LogP contribution in [0, 0.1) is 5.92 Å². The van der Waals surface area contributed by atoms with Gasteiger partial charge in [0, 0.05) is 13.1 Å². The quantitative estimate of drug-likeness (QED) is 0.803. The Hall–Kier alpha value is -1.99. The molecule has 0 spiro atoms. The van der Waals surface area contributed by atoms with Crippen LogP contribution in [0.3, 0.4) is 0 Å². The first-order valence-corrected chi connectivity index (χ1v) is 8.46. The molecule has 8 heteroatoms. The Morgan fingerprint density at radius 2 is 1.64 bits per heavy atom. The second-order valence-corrected chi connectivity index (χ2v) is 8.33. The molecule has 2 N–H and O–H groups in total. The highest BCUT2D eigenvalue weighted by atomic mass is 16.6. The number of amides is 2. The van der Waals surface area contributed by atoms with E-state index in [1.165, 1.54) is 4.90 Å². The number of hydrogen-bond donors (Lipinski definition) is 2. The zero-order chi connectivity index (χ0) is 19.4. The van der Waals surface area contributed by atoms with Gasteiger partial charge in [-0.3, -0.25) is 4.79 Å². The van der Waals surface area contributed by atoms with Gasteiger partial charge in [-0.1, -0.05) is 0 Å². The number of piperidine rings is 1. The molecule has 1 saturated heterocycles. The summed E-state index contributed by atoms with van der Waals surface area (Å²) in [6.45, 7) is 11.1. The highest BCUT2D eigenvalue weighted by Gasteiger charge is 2.36. The van der Waals surface area contributed by atoms with E-state index in [0.29, 0.717) is 13.0 Å². The summed E-state index contributed by atoms with van der Waals surface area (Å²) >= 11 is 0. The predicted octanol–water partition coefficient (Wildman–Crippen LogP) is 2.61. The van der Waals surface area contributed by atoms with Gasteiger partial charge in [-0.25, -0.2) is 9.59 Å². The Kier molecular flexibility index (Phi) is 6.68. The third kappa shape index (κ3) is 8.09. The number of nitrogens with one attached hydrogen (secondary N) is 1. The van der Waals surface area contributed by atoms with E-state index in [1.54, 1.807) is 41.5 Å². The molecule has 1 aliphatic rings. The molecule has 1 rings (SSSR count). The minimum Gasteiger partial charge on any atom is -0.481 e. The Balaban J connectivity index is 2.79. The summed E-state index contributed by atoms with van der Waals surface area (Å²) in [6, 6.07) is -0.507. The molecule has 144 valence electrons. The van der Waals surface area contributed by atoms with Gasteiger partial charge < -0.3 is 24.8 Å². The van der Waals surface area contributed by atoms with Gasteiger partial charge in [0.15, 0.2) is 0 Å². The fourth-order valence-corrected chi connectivity index (χ4v) is 2.58. The molecule has 0 bridgehead atoms. The van der Waals surface area contributed by atoms with Gasteiger partial charge in [-0.2, -0.15) is 0 Å². The SMILES string of the molecule is CC(C)(C)OC(=O)N[C@@H]1CN(C(=O)OC(C)(C)C)CC[C@H]1CC(=O)O. The fraction of sp³-hybridized carbons (Fsp3) is 0.824. The lowest BCUT2D eigenvalue weighted by Gasteiger charge is -2.39.